The van der Waals surface area contributed by atoms with Crippen LogP contribution in [0.3, 0.4) is 0 Å². The molecule has 76 valence electrons. The Kier molecular flexibility index (Phi) is 2.32. The number of aromatic nitrogens is 1. The summed E-state index contributed by atoms with van der Waals surface area (Å²) in [6, 6.07) is 0. The Balaban J connectivity index is 2.49. The van der Waals surface area contributed by atoms with E-state index in [-0.39, 0.29) is 5.91 Å². The van der Waals surface area contributed by atoms with Gasteiger partial charge in [-0.1, -0.05) is 6.42 Å². The Morgan fingerprint density at radius 2 is 2.07 bits per heavy atom. The number of aryl methyl sites for hydroxylation is 1. The second-order valence-electron chi connectivity index (χ2n) is 4.00. The lowest BCUT2D eigenvalue weighted by Gasteiger charge is -2.02. The topological polar surface area (TPSA) is 48.0 Å². The van der Waals surface area contributed by atoms with Crippen molar-refractivity contribution in [3.63, 3.8) is 0 Å². The van der Waals surface area contributed by atoms with Crippen molar-refractivity contribution in [2.45, 2.75) is 32.1 Å². The van der Waals surface area contributed by atoms with Gasteiger partial charge >= 0.3 is 0 Å². The average molecular weight is 192 g/mol. The number of fused-ring (bicyclic) bond motifs is 1. The Labute approximate surface area is 83.9 Å². The Hall–Kier alpha value is -1.25. The highest BCUT2D eigenvalue weighted by molar-refractivity contribution is 5.94. The molecule has 0 saturated carbocycles. The van der Waals surface area contributed by atoms with Crippen molar-refractivity contribution in [3.05, 3.63) is 23.0 Å². The third kappa shape index (κ3) is 1.43. The van der Waals surface area contributed by atoms with Crippen molar-refractivity contribution in [3.8, 4) is 0 Å². The lowest BCUT2D eigenvalue weighted by Crippen LogP contribution is -2.12. The van der Waals surface area contributed by atoms with Crippen molar-refractivity contribution >= 4 is 5.91 Å². The van der Waals surface area contributed by atoms with Crippen LogP contribution in [0, 0.1) is 0 Å². The fourth-order valence-corrected chi connectivity index (χ4v) is 2.31. The van der Waals surface area contributed by atoms with Gasteiger partial charge < -0.3 is 10.3 Å². The summed E-state index contributed by atoms with van der Waals surface area (Å²) < 4.78 is 2.06. The van der Waals surface area contributed by atoms with E-state index in [0.29, 0.717) is 0 Å². The fraction of sp³-hybridized carbons (Fsp3) is 0.545. The van der Waals surface area contributed by atoms with Crippen LogP contribution in [0.1, 0.15) is 40.9 Å². The summed E-state index contributed by atoms with van der Waals surface area (Å²) >= 11 is 0. The van der Waals surface area contributed by atoms with Crippen molar-refractivity contribution in [2.24, 2.45) is 12.8 Å². The van der Waals surface area contributed by atoms with Gasteiger partial charge in [0.2, 0.25) is 0 Å². The van der Waals surface area contributed by atoms with Crippen LogP contribution in [0.2, 0.25) is 0 Å². The summed E-state index contributed by atoms with van der Waals surface area (Å²) in [5.74, 6) is -0.288. The zero-order valence-corrected chi connectivity index (χ0v) is 8.55. The standard InChI is InChI=1S/C11H16N2O/c1-13-7-9(11(12)14)8-5-3-2-4-6-10(8)13/h7H,2-6H2,1H3,(H2,12,14). The lowest BCUT2D eigenvalue weighted by molar-refractivity contribution is 0.0999. The van der Waals surface area contributed by atoms with E-state index in [9.17, 15) is 4.79 Å². The van der Waals surface area contributed by atoms with Crippen molar-refractivity contribution in [1.82, 2.24) is 4.57 Å². The summed E-state index contributed by atoms with van der Waals surface area (Å²) in [6.45, 7) is 0. The van der Waals surface area contributed by atoms with Crippen molar-refractivity contribution < 1.29 is 4.79 Å². The maximum atomic E-state index is 11.2. The van der Waals surface area contributed by atoms with Gasteiger partial charge in [-0.3, -0.25) is 4.79 Å². The molecule has 0 aliphatic heterocycles. The van der Waals surface area contributed by atoms with Gasteiger partial charge in [-0.25, -0.2) is 0 Å². The molecule has 0 unspecified atom stereocenters. The number of nitrogens with zero attached hydrogens (tertiary/aromatic N) is 1. The van der Waals surface area contributed by atoms with Gasteiger partial charge in [0.1, 0.15) is 0 Å². The normalized spacial score (nSPS) is 16.1. The molecule has 2 N–H and O–H groups in total. The summed E-state index contributed by atoms with van der Waals surface area (Å²) in [5.41, 5.74) is 8.57. The van der Waals surface area contributed by atoms with Gasteiger partial charge in [0.25, 0.3) is 5.91 Å². The van der Waals surface area contributed by atoms with E-state index < -0.39 is 0 Å². The predicted molar refractivity (Wildman–Crippen MR) is 55.2 cm³/mol. The predicted octanol–water partition coefficient (Wildman–Crippen LogP) is 1.39. The molecule has 2 rings (SSSR count). The molecule has 3 nitrogen and oxygen atoms in total. The SMILES string of the molecule is Cn1cc(C(N)=O)c2c1CCCCC2. The Morgan fingerprint density at radius 1 is 1.36 bits per heavy atom. The quantitative estimate of drug-likeness (QED) is 0.672. The number of hydrogen-bond donors (Lipinski definition) is 1. The molecular weight excluding hydrogens is 176 g/mol. The zero-order valence-electron chi connectivity index (χ0n) is 8.55. The van der Waals surface area contributed by atoms with Crippen LogP contribution in [-0.2, 0) is 19.9 Å². The molecular formula is C11H16N2O. The maximum absolute atomic E-state index is 11.2. The van der Waals surface area contributed by atoms with Crippen molar-refractivity contribution in [1.29, 1.82) is 0 Å². The minimum atomic E-state index is -0.288. The summed E-state index contributed by atoms with van der Waals surface area (Å²) in [7, 11) is 2.00. The van der Waals surface area contributed by atoms with Crippen LogP contribution < -0.4 is 5.73 Å². The smallest absolute Gasteiger partial charge is 0.250 e. The van der Waals surface area contributed by atoms with Crippen LogP contribution in [0.4, 0.5) is 0 Å². The van der Waals surface area contributed by atoms with E-state index in [1.165, 1.54) is 30.5 Å². The second-order valence-corrected chi connectivity index (χ2v) is 4.00. The molecule has 0 fully saturated rings. The van der Waals surface area contributed by atoms with Gasteiger partial charge in [0, 0.05) is 18.9 Å². The largest absolute Gasteiger partial charge is 0.366 e. The van der Waals surface area contributed by atoms with Crippen LogP contribution in [-0.4, -0.2) is 10.5 Å². The molecule has 1 aliphatic rings. The molecule has 1 aromatic heterocycles. The number of hydrogen-bond acceptors (Lipinski definition) is 1. The van der Waals surface area contributed by atoms with Gasteiger partial charge in [0.05, 0.1) is 5.56 Å². The number of carbonyl (C=O) groups excluding carboxylic acids is 1. The highest BCUT2D eigenvalue weighted by Crippen LogP contribution is 2.24. The van der Waals surface area contributed by atoms with Crippen LogP contribution >= 0.6 is 0 Å². The summed E-state index contributed by atoms with van der Waals surface area (Å²) in [5, 5.41) is 0. The first kappa shape index (κ1) is 9.31. The molecule has 0 aromatic carbocycles. The van der Waals surface area contributed by atoms with Crippen LogP contribution in [0.5, 0.6) is 0 Å². The molecule has 0 bridgehead atoms. The van der Waals surface area contributed by atoms with Crippen LogP contribution in [0.15, 0.2) is 6.20 Å². The molecule has 0 spiro atoms. The Morgan fingerprint density at radius 3 is 2.79 bits per heavy atom. The fourth-order valence-electron chi connectivity index (χ4n) is 2.31. The molecule has 0 saturated heterocycles. The van der Waals surface area contributed by atoms with Gasteiger partial charge in [-0.15, -0.1) is 0 Å². The monoisotopic (exact) mass is 192 g/mol. The third-order valence-corrected chi connectivity index (χ3v) is 3.03. The van der Waals surface area contributed by atoms with Gasteiger partial charge in [-0.2, -0.15) is 0 Å². The first-order valence-corrected chi connectivity index (χ1v) is 5.17. The highest BCUT2D eigenvalue weighted by atomic mass is 16.1. The van der Waals surface area contributed by atoms with E-state index in [1.54, 1.807) is 0 Å². The highest BCUT2D eigenvalue weighted by Gasteiger charge is 2.18. The lowest BCUT2D eigenvalue weighted by atomic mass is 10.1. The number of primary amides is 1. The second kappa shape index (κ2) is 3.48. The molecule has 14 heavy (non-hydrogen) atoms. The average Bonchev–Trinajstić information content (AvgIpc) is 2.38. The number of amides is 1. The van der Waals surface area contributed by atoms with E-state index in [2.05, 4.69) is 4.57 Å². The Bertz CT molecular complexity index is 366. The van der Waals surface area contributed by atoms with Crippen LogP contribution in [0.25, 0.3) is 0 Å². The zero-order chi connectivity index (χ0) is 10.1. The first-order chi connectivity index (χ1) is 6.70. The molecule has 3 heteroatoms. The van der Waals surface area contributed by atoms with Gasteiger partial charge in [-0.05, 0) is 31.2 Å². The number of carbonyl (C=O) groups is 1. The van der Waals surface area contributed by atoms with Crippen molar-refractivity contribution in [2.75, 3.05) is 0 Å². The molecule has 1 aliphatic carbocycles. The first-order valence-electron chi connectivity index (χ1n) is 5.17. The summed E-state index contributed by atoms with van der Waals surface area (Å²) in [4.78, 5) is 11.2. The summed E-state index contributed by atoms with van der Waals surface area (Å²) in [6.07, 6.45) is 7.62. The van der Waals surface area contributed by atoms with E-state index in [1.807, 2.05) is 13.2 Å². The van der Waals surface area contributed by atoms with E-state index >= 15 is 0 Å². The number of rotatable bonds is 1. The molecule has 1 heterocycles. The third-order valence-electron chi connectivity index (χ3n) is 3.03. The molecule has 1 aromatic rings. The van der Waals surface area contributed by atoms with E-state index in [4.69, 9.17) is 5.73 Å². The maximum Gasteiger partial charge on any atom is 0.250 e. The number of nitrogens with two attached hydrogens (primary N) is 1. The molecule has 1 amide bonds. The van der Waals surface area contributed by atoms with E-state index in [0.717, 1.165) is 18.4 Å². The molecule has 0 atom stereocenters. The minimum Gasteiger partial charge on any atom is -0.366 e. The van der Waals surface area contributed by atoms with Gasteiger partial charge in [0.15, 0.2) is 0 Å². The minimum absolute atomic E-state index is 0.288. The molecule has 0 radical (unpaired) electrons.